The fourth-order valence-corrected chi connectivity index (χ4v) is 2.92. The van der Waals surface area contributed by atoms with Crippen molar-refractivity contribution >= 4 is 5.91 Å². The molecule has 2 aliphatic rings. The van der Waals surface area contributed by atoms with Crippen molar-refractivity contribution < 1.29 is 4.79 Å². The Kier molecular flexibility index (Phi) is 3.93. The predicted molar refractivity (Wildman–Crippen MR) is 81.1 cm³/mol. The van der Waals surface area contributed by atoms with Gasteiger partial charge in [0.25, 0.3) is 5.91 Å². The van der Waals surface area contributed by atoms with Crippen LogP contribution in [-0.2, 0) is 0 Å². The number of hydrogen-bond acceptors (Lipinski definition) is 4. The summed E-state index contributed by atoms with van der Waals surface area (Å²) in [6.07, 6.45) is 5.69. The Morgan fingerprint density at radius 2 is 2.10 bits per heavy atom. The Balaban J connectivity index is 1.64. The smallest absolute Gasteiger partial charge is 0.271 e. The maximum absolute atomic E-state index is 12.4. The lowest BCUT2D eigenvalue weighted by molar-refractivity contribution is 0.0925. The standard InChI is InChI=1S/C16H24N4O/c1-10(2)20-8-11(3)15(9-20)19-16(21)14-7-17-6-13(18-14)12-4-5-12/h6-7,10-12,15H,4-5,8-9H2,1-3H3,(H,19,21). The lowest BCUT2D eigenvalue weighted by atomic mass is 10.1. The van der Waals surface area contributed by atoms with E-state index in [1.807, 2.05) is 0 Å². The molecule has 1 N–H and O–H groups in total. The Bertz CT molecular complexity index is 527. The minimum atomic E-state index is -0.0903. The highest BCUT2D eigenvalue weighted by molar-refractivity contribution is 5.92. The highest BCUT2D eigenvalue weighted by atomic mass is 16.2. The Labute approximate surface area is 126 Å². The van der Waals surface area contributed by atoms with Crippen molar-refractivity contribution in [1.82, 2.24) is 20.2 Å². The second-order valence-corrected chi connectivity index (χ2v) is 6.71. The molecule has 0 aromatic carbocycles. The molecule has 2 unspecified atom stereocenters. The van der Waals surface area contributed by atoms with E-state index < -0.39 is 0 Å². The Morgan fingerprint density at radius 1 is 1.33 bits per heavy atom. The zero-order valence-electron chi connectivity index (χ0n) is 13.0. The van der Waals surface area contributed by atoms with Gasteiger partial charge in [-0.15, -0.1) is 0 Å². The van der Waals surface area contributed by atoms with Crippen molar-refractivity contribution in [2.75, 3.05) is 13.1 Å². The van der Waals surface area contributed by atoms with Gasteiger partial charge in [0.1, 0.15) is 5.69 Å². The van der Waals surface area contributed by atoms with Gasteiger partial charge < -0.3 is 5.32 Å². The van der Waals surface area contributed by atoms with Crippen LogP contribution < -0.4 is 5.32 Å². The van der Waals surface area contributed by atoms with E-state index in [2.05, 4.69) is 41.0 Å². The van der Waals surface area contributed by atoms with Gasteiger partial charge in [-0.3, -0.25) is 14.7 Å². The molecule has 1 aromatic rings. The molecule has 1 aliphatic heterocycles. The third kappa shape index (κ3) is 3.23. The second kappa shape index (κ2) is 5.72. The predicted octanol–water partition coefficient (Wildman–Crippen LogP) is 1.81. The Hall–Kier alpha value is -1.49. The average molecular weight is 288 g/mol. The fraction of sp³-hybridized carbons (Fsp3) is 0.688. The molecule has 2 atom stereocenters. The van der Waals surface area contributed by atoms with Gasteiger partial charge in [0.15, 0.2) is 0 Å². The van der Waals surface area contributed by atoms with Crippen LogP contribution in [-0.4, -0.2) is 45.9 Å². The molecule has 21 heavy (non-hydrogen) atoms. The fourth-order valence-electron chi connectivity index (χ4n) is 2.92. The molecule has 5 nitrogen and oxygen atoms in total. The van der Waals surface area contributed by atoms with Gasteiger partial charge in [-0.1, -0.05) is 6.92 Å². The third-order valence-electron chi connectivity index (χ3n) is 4.57. The minimum absolute atomic E-state index is 0.0903. The molecule has 0 bridgehead atoms. The van der Waals surface area contributed by atoms with Crippen LogP contribution in [0.2, 0.25) is 0 Å². The van der Waals surface area contributed by atoms with E-state index in [9.17, 15) is 4.79 Å². The first-order valence-corrected chi connectivity index (χ1v) is 7.91. The van der Waals surface area contributed by atoms with Crippen molar-refractivity contribution in [2.45, 2.75) is 51.6 Å². The number of likely N-dealkylation sites (tertiary alicyclic amines) is 1. The summed E-state index contributed by atoms with van der Waals surface area (Å²) in [4.78, 5) is 23.4. The number of rotatable bonds is 4. The van der Waals surface area contributed by atoms with E-state index in [1.54, 1.807) is 12.4 Å². The van der Waals surface area contributed by atoms with E-state index in [0.717, 1.165) is 18.8 Å². The number of amides is 1. The van der Waals surface area contributed by atoms with Gasteiger partial charge in [0, 0.05) is 37.3 Å². The molecule has 1 saturated heterocycles. The van der Waals surface area contributed by atoms with Crippen molar-refractivity contribution in [2.24, 2.45) is 5.92 Å². The molecular weight excluding hydrogens is 264 g/mol. The molecule has 3 rings (SSSR count). The molecular formula is C16H24N4O. The van der Waals surface area contributed by atoms with Gasteiger partial charge in [-0.05, 0) is 32.6 Å². The number of nitrogens with one attached hydrogen (secondary N) is 1. The largest absolute Gasteiger partial charge is 0.346 e. The second-order valence-electron chi connectivity index (χ2n) is 6.71. The first-order valence-electron chi connectivity index (χ1n) is 7.91. The monoisotopic (exact) mass is 288 g/mol. The number of carbonyl (C=O) groups is 1. The number of aromatic nitrogens is 2. The summed E-state index contributed by atoms with van der Waals surface area (Å²) >= 11 is 0. The van der Waals surface area contributed by atoms with E-state index in [4.69, 9.17) is 0 Å². The van der Waals surface area contributed by atoms with Gasteiger partial charge >= 0.3 is 0 Å². The lowest BCUT2D eigenvalue weighted by Gasteiger charge is -2.20. The van der Waals surface area contributed by atoms with Crippen molar-refractivity contribution in [1.29, 1.82) is 0 Å². The van der Waals surface area contributed by atoms with Crippen LogP contribution in [0, 0.1) is 5.92 Å². The normalized spacial score (nSPS) is 26.3. The number of nitrogens with zero attached hydrogens (tertiary/aromatic N) is 3. The summed E-state index contributed by atoms with van der Waals surface area (Å²) < 4.78 is 0. The molecule has 1 saturated carbocycles. The van der Waals surface area contributed by atoms with Crippen LogP contribution in [0.4, 0.5) is 0 Å². The summed E-state index contributed by atoms with van der Waals surface area (Å²) in [5.41, 5.74) is 1.42. The van der Waals surface area contributed by atoms with Gasteiger partial charge in [0.2, 0.25) is 0 Å². The first-order chi connectivity index (χ1) is 10.0. The SMILES string of the molecule is CC1CN(C(C)C)CC1NC(=O)c1cncc(C2CC2)n1. The van der Waals surface area contributed by atoms with Crippen LogP contribution in [0.25, 0.3) is 0 Å². The molecule has 0 spiro atoms. The Morgan fingerprint density at radius 3 is 2.71 bits per heavy atom. The number of carbonyl (C=O) groups excluding carboxylic acids is 1. The van der Waals surface area contributed by atoms with Crippen molar-refractivity contribution in [3.63, 3.8) is 0 Å². The van der Waals surface area contributed by atoms with E-state index in [0.29, 0.717) is 23.6 Å². The molecule has 1 aromatic heterocycles. The third-order valence-corrected chi connectivity index (χ3v) is 4.57. The van der Waals surface area contributed by atoms with Gasteiger partial charge in [-0.25, -0.2) is 4.98 Å². The highest BCUT2D eigenvalue weighted by Gasteiger charge is 2.32. The van der Waals surface area contributed by atoms with Gasteiger partial charge in [0.05, 0.1) is 11.9 Å². The maximum atomic E-state index is 12.4. The van der Waals surface area contributed by atoms with Gasteiger partial charge in [-0.2, -0.15) is 0 Å². The summed E-state index contributed by atoms with van der Waals surface area (Å²) in [6.45, 7) is 8.54. The molecule has 0 radical (unpaired) electrons. The maximum Gasteiger partial charge on any atom is 0.271 e. The van der Waals surface area contributed by atoms with Crippen LogP contribution in [0.1, 0.15) is 55.7 Å². The lowest BCUT2D eigenvalue weighted by Crippen LogP contribution is -2.40. The number of hydrogen-bond donors (Lipinski definition) is 1. The summed E-state index contributed by atoms with van der Waals surface area (Å²) in [6, 6.07) is 0.721. The topological polar surface area (TPSA) is 58.1 Å². The first kappa shape index (κ1) is 14.4. The minimum Gasteiger partial charge on any atom is -0.346 e. The summed E-state index contributed by atoms with van der Waals surface area (Å²) in [5.74, 6) is 0.899. The summed E-state index contributed by atoms with van der Waals surface area (Å²) in [5, 5.41) is 3.13. The quantitative estimate of drug-likeness (QED) is 0.918. The zero-order valence-corrected chi connectivity index (χ0v) is 13.0. The average Bonchev–Trinajstić information content (AvgIpc) is 3.24. The molecule has 1 aliphatic carbocycles. The zero-order chi connectivity index (χ0) is 15.0. The summed E-state index contributed by atoms with van der Waals surface area (Å²) in [7, 11) is 0. The van der Waals surface area contributed by atoms with Crippen molar-refractivity contribution in [3.8, 4) is 0 Å². The molecule has 114 valence electrons. The van der Waals surface area contributed by atoms with Crippen LogP contribution in [0.15, 0.2) is 12.4 Å². The van der Waals surface area contributed by atoms with Crippen LogP contribution >= 0.6 is 0 Å². The molecule has 2 heterocycles. The molecule has 5 heteroatoms. The van der Waals surface area contributed by atoms with E-state index in [-0.39, 0.29) is 11.9 Å². The van der Waals surface area contributed by atoms with E-state index in [1.165, 1.54) is 12.8 Å². The van der Waals surface area contributed by atoms with Crippen LogP contribution in [0.5, 0.6) is 0 Å². The van der Waals surface area contributed by atoms with Crippen LogP contribution in [0.3, 0.4) is 0 Å². The highest BCUT2D eigenvalue weighted by Crippen LogP contribution is 2.38. The van der Waals surface area contributed by atoms with E-state index >= 15 is 0 Å². The molecule has 2 fully saturated rings. The van der Waals surface area contributed by atoms with Crippen molar-refractivity contribution in [3.05, 3.63) is 23.8 Å². The molecule has 1 amide bonds.